The number of hydrogen-bond acceptors (Lipinski definition) is 4. The highest BCUT2D eigenvalue weighted by Gasteiger charge is 2.33. The second-order valence-corrected chi connectivity index (χ2v) is 6.04. The van der Waals surface area contributed by atoms with E-state index in [0.717, 1.165) is 12.8 Å². The van der Waals surface area contributed by atoms with Crippen LogP contribution in [0.2, 0.25) is 0 Å². The minimum atomic E-state index is -0.265. The number of nitrogens with zero attached hydrogens (tertiary/aromatic N) is 1. The van der Waals surface area contributed by atoms with E-state index >= 15 is 0 Å². The summed E-state index contributed by atoms with van der Waals surface area (Å²) in [7, 11) is 3.60. The molecule has 2 rings (SSSR count). The van der Waals surface area contributed by atoms with Gasteiger partial charge >= 0.3 is 0 Å². The number of nitrogens with one attached hydrogen (secondary N) is 1. The molecule has 0 spiro atoms. The molecule has 1 fully saturated rings. The summed E-state index contributed by atoms with van der Waals surface area (Å²) in [6.07, 6.45) is 6.06. The number of thioether (sulfide) groups is 1. The molecule has 0 aromatic rings. The molecule has 17 heavy (non-hydrogen) atoms. The van der Waals surface area contributed by atoms with E-state index in [1.54, 1.807) is 30.8 Å². The van der Waals surface area contributed by atoms with Crippen LogP contribution in [0.25, 0.3) is 0 Å². The molecule has 1 saturated carbocycles. The maximum absolute atomic E-state index is 11.7. The van der Waals surface area contributed by atoms with Crippen LogP contribution in [0.1, 0.15) is 32.1 Å². The third kappa shape index (κ3) is 2.65. The fraction of sp³-hybridized carbons (Fsp3) is 0.667. The normalized spacial score (nSPS) is 22.0. The van der Waals surface area contributed by atoms with Crippen LogP contribution < -0.4 is 5.32 Å². The molecule has 1 N–H and O–H groups in total. The highest BCUT2D eigenvalue weighted by molar-refractivity contribution is 8.04. The summed E-state index contributed by atoms with van der Waals surface area (Å²) < 4.78 is 0. The highest BCUT2D eigenvalue weighted by atomic mass is 32.2. The smallest absolute Gasteiger partial charge is 0.275 e. The van der Waals surface area contributed by atoms with Gasteiger partial charge in [0, 0.05) is 19.3 Å². The lowest BCUT2D eigenvalue weighted by atomic mass is 10.0. The average Bonchev–Trinajstić information content (AvgIpc) is 2.55. The Hall–Kier alpha value is -0.970. The molecule has 0 aromatic carbocycles. The van der Waals surface area contributed by atoms with Gasteiger partial charge in [0.25, 0.3) is 11.8 Å². The van der Waals surface area contributed by atoms with E-state index < -0.39 is 0 Å². The molecule has 0 atom stereocenters. The SMILES string of the molecule is CN(C)C1=C(SC2CCCCC2)C(=O)NC1=O. The van der Waals surface area contributed by atoms with Gasteiger partial charge < -0.3 is 4.90 Å². The topological polar surface area (TPSA) is 49.4 Å². The quantitative estimate of drug-likeness (QED) is 0.775. The van der Waals surface area contributed by atoms with Crippen LogP contribution in [0.4, 0.5) is 0 Å². The third-order valence-corrected chi connectivity index (χ3v) is 4.57. The standard InChI is InChI=1S/C12H18N2O2S/c1-14(2)9-10(12(16)13-11(9)15)17-8-6-4-3-5-7-8/h8H,3-7H2,1-2H3,(H,13,15,16). The predicted octanol–water partition coefficient (Wildman–Crippen LogP) is 1.48. The number of carbonyl (C=O) groups is 2. The van der Waals surface area contributed by atoms with Gasteiger partial charge in [0.05, 0.1) is 0 Å². The monoisotopic (exact) mass is 254 g/mol. The summed E-state index contributed by atoms with van der Waals surface area (Å²) in [6.45, 7) is 0. The molecule has 2 amide bonds. The van der Waals surface area contributed by atoms with Crippen molar-refractivity contribution in [2.24, 2.45) is 0 Å². The maximum Gasteiger partial charge on any atom is 0.275 e. The predicted molar refractivity (Wildman–Crippen MR) is 68.3 cm³/mol. The summed E-state index contributed by atoms with van der Waals surface area (Å²) >= 11 is 1.58. The van der Waals surface area contributed by atoms with Crippen molar-refractivity contribution in [1.82, 2.24) is 10.2 Å². The Kier molecular flexibility index (Phi) is 3.76. The van der Waals surface area contributed by atoms with Gasteiger partial charge in [0.15, 0.2) is 0 Å². The minimum Gasteiger partial charge on any atom is -0.372 e. The van der Waals surface area contributed by atoms with Crippen LogP contribution in [0, 0.1) is 0 Å². The number of rotatable bonds is 3. The number of likely N-dealkylation sites (N-methyl/N-ethyl adjacent to an activating group) is 1. The molecule has 0 aromatic heterocycles. The summed E-state index contributed by atoms with van der Waals surface area (Å²) in [5, 5.41) is 2.86. The number of imide groups is 1. The molecule has 4 nitrogen and oxygen atoms in total. The second-order valence-electron chi connectivity index (χ2n) is 4.73. The first-order valence-corrected chi connectivity index (χ1v) is 6.91. The lowest BCUT2D eigenvalue weighted by Gasteiger charge is -2.21. The third-order valence-electron chi connectivity index (χ3n) is 3.15. The van der Waals surface area contributed by atoms with Crippen molar-refractivity contribution in [1.29, 1.82) is 0 Å². The largest absolute Gasteiger partial charge is 0.372 e. The molecule has 0 unspecified atom stereocenters. The Morgan fingerprint density at radius 1 is 1.12 bits per heavy atom. The van der Waals surface area contributed by atoms with Crippen molar-refractivity contribution in [2.75, 3.05) is 14.1 Å². The number of amides is 2. The van der Waals surface area contributed by atoms with Crippen LogP contribution in [-0.4, -0.2) is 36.1 Å². The highest BCUT2D eigenvalue weighted by Crippen LogP contribution is 2.36. The summed E-state index contributed by atoms with van der Waals surface area (Å²) in [4.78, 5) is 25.7. The van der Waals surface area contributed by atoms with Crippen molar-refractivity contribution in [3.05, 3.63) is 10.6 Å². The van der Waals surface area contributed by atoms with Crippen molar-refractivity contribution in [3.63, 3.8) is 0 Å². The number of carbonyl (C=O) groups excluding carboxylic acids is 2. The van der Waals surface area contributed by atoms with Crippen molar-refractivity contribution < 1.29 is 9.59 Å². The van der Waals surface area contributed by atoms with E-state index in [2.05, 4.69) is 5.32 Å². The van der Waals surface area contributed by atoms with E-state index in [0.29, 0.717) is 15.9 Å². The molecule has 1 aliphatic carbocycles. The zero-order valence-electron chi connectivity index (χ0n) is 10.3. The van der Waals surface area contributed by atoms with Gasteiger partial charge in [-0.1, -0.05) is 19.3 Å². The number of hydrogen-bond donors (Lipinski definition) is 1. The maximum atomic E-state index is 11.7. The fourth-order valence-corrected chi connectivity index (χ4v) is 3.74. The second kappa shape index (κ2) is 5.12. The molecule has 0 radical (unpaired) electrons. The van der Waals surface area contributed by atoms with Crippen molar-refractivity contribution in [2.45, 2.75) is 37.4 Å². The van der Waals surface area contributed by atoms with Gasteiger partial charge in [-0.2, -0.15) is 0 Å². The molecule has 0 saturated heterocycles. The molecule has 1 aliphatic heterocycles. The van der Waals surface area contributed by atoms with E-state index in [1.807, 2.05) is 0 Å². The van der Waals surface area contributed by atoms with Gasteiger partial charge in [-0.05, 0) is 12.8 Å². The fourth-order valence-electron chi connectivity index (χ4n) is 2.29. The zero-order valence-corrected chi connectivity index (χ0v) is 11.1. The van der Waals surface area contributed by atoms with Gasteiger partial charge in [-0.3, -0.25) is 14.9 Å². The molecule has 0 bridgehead atoms. The van der Waals surface area contributed by atoms with Gasteiger partial charge in [0.1, 0.15) is 10.6 Å². The first-order valence-electron chi connectivity index (χ1n) is 6.03. The first-order chi connectivity index (χ1) is 8.09. The lowest BCUT2D eigenvalue weighted by molar-refractivity contribution is -0.124. The van der Waals surface area contributed by atoms with Crippen LogP contribution in [0.15, 0.2) is 10.6 Å². The lowest BCUT2D eigenvalue weighted by Crippen LogP contribution is -2.26. The Morgan fingerprint density at radius 3 is 2.35 bits per heavy atom. The zero-order chi connectivity index (χ0) is 12.4. The minimum absolute atomic E-state index is 0.228. The average molecular weight is 254 g/mol. The van der Waals surface area contributed by atoms with Gasteiger partial charge in [0.2, 0.25) is 0 Å². The Labute approximate surface area is 106 Å². The van der Waals surface area contributed by atoms with Crippen LogP contribution in [0.3, 0.4) is 0 Å². The molecule has 94 valence electrons. The summed E-state index contributed by atoms with van der Waals surface area (Å²) in [5.74, 6) is -0.493. The Balaban J connectivity index is 2.15. The first kappa shape index (κ1) is 12.5. The molecular formula is C12H18N2O2S. The molecule has 2 aliphatic rings. The summed E-state index contributed by atoms with van der Waals surface area (Å²) in [5.41, 5.74) is 0.519. The molecule has 5 heteroatoms. The van der Waals surface area contributed by atoms with Gasteiger partial charge in [-0.15, -0.1) is 11.8 Å². The van der Waals surface area contributed by atoms with Crippen LogP contribution in [0.5, 0.6) is 0 Å². The van der Waals surface area contributed by atoms with E-state index in [1.165, 1.54) is 19.3 Å². The van der Waals surface area contributed by atoms with Crippen LogP contribution in [-0.2, 0) is 9.59 Å². The van der Waals surface area contributed by atoms with E-state index in [4.69, 9.17) is 0 Å². The van der Waals surface area contributed by atoms with Crippen molar-refractivity contribution in [3.8, 4) is 0 Å². The van der Waals surface area contributed by atoms with E-state index in [9.17, 15) is 9.59 Å². The Bertz CT molecular complexity index is 371. The van der Waals surface area contributed by atoms with Crippen molar-refractivity contribution >= 4 is 23.6 Å². The van der Waals surface area contributed by atoms with Gasteiger partial charge in [-0.25, -0.2) is 0 Å². The van der Waals surface area contributed by atoms with Crippen LogP contribution >= 0.6 is 11.8 Å². The Morgan fingerprint density at radius 2 is 1.76 bits per heavy atom. The summed E-state index contributed by atoms with van der Waals surface area (Å²) in [6, 6.07) is 0. The molecular weight excluding hydrogens is 236 g/mol. The molecule has 1 heterocycles. The van der Waals surface area contributed by atoms with E-state index in [-0.39, 0.29) is 11.8 Å².